The number of fused-ring (bicyclic) bond motifs is 1. The zero-order valence-electron chi connectivity index (χ0n) is 9.97. The Balaban J connectivity index is 1.92. The van der Waals surface area contributed by atoms with Gasteiger partial charge < -0.3 is 4.90 Å². The summed E-state index contributed by atoms with van der Waals surface area (Å²) in [5.41, 5.74) is 0.721. The lowest BCUT2D eigenvalue weighted by molar-refractivity contribution is 0.341. The number of anilines is 1. The van der Waals surface area contributed by atoms with E-state index in [4.69, 9.17) is 5.26 Å². The molecule has 2 fully saturated rings. The van der Waals surface area contributed by atoms with E-state index in [1.165, 1.54) is 32.1 Å². The van der Waals surface area contributed by atoms with Crippen LogP contribution in [-0.2, 0) is 0 Å². The highest BCUT2D eigenvalue weighted by atomic mass is 15.2. The second-order valence-electron chi connectivity index (χ2n) is 5.08. The van der Waals surface area contributed by atoms with Gasteiger partial charge >= 0.3 is 0 Å². The van der Waals surface area contributed by atoms with E-state index in [0.717, 1.165) is 23.8 Å². The lowest BCUT2D eigenvalue weighted by Gasteiger charge is -2.32. The third kappa shape index (κ3) is 1.78. The van der Waals surface area contributed by atoms with Crippen molar-refractivity contribution in [1.82, 2.24) is 4.98 Å². The summed E-state index contributed by atoms with van der Waals surface area (Å²) in [7, 11) is 0. The maximum absolute atomic E-state index is 9.16. The highest BCUT2D eigenvalue weighted by molar-refractivity contribution is 5.55. The molecule has 1 saturated carbocycles. The third-order valence-electron chi connectivity index (χ3n) is 4.19. The van der Waals surface area contributed by atoms with Crippen LogP contribution in [0.2, 0.25) is 0 Å². The largest absolute Gasteiger partial charge is 0.352 e. The first-order valence-corrected chi connectivity index (χ1v) is 6.52. The number of rotatable bonds is 1. The van der Waals surface area contributed by atoms with Crippen molar-refractivity contribution in [2.75, 3.05) is 11.4 Å². The van der Waals surface area contributed by atoms with Crippen molar-refractivity contribution in [2.45, 2.75) is 38.1 Å². The molecule has 0 radical (unpaired) electrons. The first kappa shape index (κ1) is 10.6. The molecule has 0 spiro atoms. The smallest absolute Gasteiger partial charge is 0.146 e. The lowest BCUT2D eigenvalue weighted by Crippen LogP contribution is -2.35. The van der Waals surface area contributed by atoms with E-state index >= 15 is 0 Å². The van der Waals surface area contributed by atoms with Crippen LogP contribution in [0, 0.1) is 17.2 Å². The fraction of sp³-hybridized carbons (Fsp3) is 0.571. The molecule has 1 aromatic heterocycles. The van der Waals surface area contributed by atoms with Crippen molar-refractivity contribution in [1.29, 1.82) is 5.26 Å². The van der Waals surface area contributed by atoms with Crippen LogP contribution in [0.4, 0.5) is 5.82 Å². The molecule has 1 saturated heterocycles. The maximum Gasteiger partial charge on any atom is 0.146 e. The van der Waals surface area contributed by atoms with Gasteiger partial charge in [-0.05, 0) is 37.3 Å². The SMILES string of the molecule is N#Cc1cccnc1N1CCC2CCCCC21. The topological polar surface area (TPSA) is 39.9 Å². The van der Waals surface area contributed by atoms with E-state index in [1.54, 1.807) is 6.20 Å². The fourth-order valence-corrected chi connectivity index (χ4v) is 3.38. The Morgan fingerprint density at radius 2 is 2.18 bits per heavy atom. The van der Waals surface area contributed by atoms with Gasteiger partial charge in [0.05, 0.1) is 5.56 Å². The standard InChI is InChI=1S/C14H17N3/c15-10-12-5-3-8-16-14(12)17-9-7-11-4-1-2-6-13(11)17/h3,5,8,11,13H,1-2,4,6-7,9H2. The molecule has 2 heterocycles. The van der Waals surface area contributed by atoms with E-state index in [0.29, 0.717) is 6.04 Å². The van der Waals surface area contributed by atoms with E-state index < -0.39 is 0 Å². The minimum Gasteiger partial charge on any atom is -0.352 e. The summed E-state index contributed by atoms with van der Waals surface area (Å²) in [6.07, 6.45) is 8.40. The number of aromatic nitrogens is 1. The molecule has 1 aromatic rings. The summed E-state index contributed by atoms with van der Waals surface area (Å²) < 4.78 is 0. The monoisotopic (exact) mass is 227 g/mol. The van der Waals surface area contributed by atoms with Gasteiger partial charge in [-0.15, -0.1) is 0 Å². The summed E-state index contributed by atoms with van der Waals surface area (Å²) in [6.45, 7) is 1.07. The van der Waals surface area contributed by atoms with E-state index in [1.807, 2.05) is 12.1 Å². The first-order valence-electron chi connectivity index (χ1n) is 6.52. The van der Waals surface area contributed by atoms with Crippen molar-refractivity contribution in [3.8, 4) is 6.07 Å². The molecule has 17 heavy (non-hydrogen) atoms. The number of hydrogen-bond donors (Lipinski definition) is 0. The second kappa shape index (κ2) is 4.37. The molecule has 3 rings (SSSR count). The predicted molar refractivity (Wildman–Crippen MR) is 66.7 cm³/mol. The maximum atomic E-state index is 9.16. The van der Waals surface area contributed by atoms with Gasteiger partial charge in [0.1, 0.15) is 11.9 Å². The summed E-state index contributed by atoms with van der Waals surface area (Å²) in [4.78, 5) is 6.80. The Morgan fingerprint density at radius 3 is 3.06 bits per heavy atom. The van der Waals surface area contributed by atoms with Crippen molar-refractivity contribution in [3.63, 3.8) is 0 Å². The van der Waals surface area contributed by atoms with Gasteiger partial charge in [-0.3, -0.25) is 0 Å². The minimum absolute atomic E-state index is 0.630. The van der Waals surface area contributed by atoms with E-state index in [-0.39, 0.29) is 0 Å². The molecule has 1 aliphatic heterocycles. The van der Waals surface area contributed by atoms with E-state index in [2.05, 4.69) is 16.0 Å². The van der Waals surface area contributed by atoms with Gasteiger partial charge in [0.2, 0.25) is 0 Å². The summed E-state index contributed by atoms with van der Waals surface area (Å²) in [5.74, 6) is 1.74. The number of nitriles is 1. The van der Waals surface area contributed by atoms with E-state index in [9.17, 15) is 0 Å². The Morgan fingerprint density at radius 1 is 1.29 bits per heavy atom. The Labute approximate surface area is 102 Å². The van der Waals surface area contributed by atoms with Crippen LogP contribution in [0.1, 0.15) is 37.7 Å². The Hall–Kier alpha value is -1.56. The molecule has 0 aromatic carbocycles. The molecule has 1 aliphatic carbocycles. The van der Waals surface area contributed by atoms with Crippen LogP contribution in [0.15, 0.2) is 18.3 Å². The van der Waals surface area contributed by atoms with Crippen LogP contribution < -0.4 is 4.90 Å². The highest BCUT2D eigenvalue weighted by Gasteiger charge is 2.36. The Bertz CT molecular complexity index is 449. The molecular formula is C14H17N3. The number of pyridine rings is 1. The zero-order chi connectivity index (χ0) is 11.7. The van der Waals surface area contributed by atoms with Crippen molar-refractivity contribution in [2.24, 2.45) is 5.92 Å². The first-order chi connectivity index (χ1) is 8.40. The molecule has 0 amide bonds. The highest BCUT2D eigenvalue weighted by Crippen LogP contribution is 2.38. The van der Waals surface area contributed by atoms with Gasteiger partial charge in [0.25, 0.3) is 0 Å². The van der Waals surface area contributed by atoms with Crippen molar-refractivity contribution in [3.05, 3.63) is 23.9 Å². The molecule has 3 nitrogen and oxygen atoms in total. The number of nitrogens with zero attached hydrogens (tertiary/aromatic N) is 3. The average Bonchev–Trinajstić information content (AvgIpc) is 2.82. The van der Waals surface area contributed by atoms with Crippen LogP contribution in [0.3, 0.4) is 0 Å². The van der Waals surface area contributed by atoms with Gasteiger partial charge in [0.15, 0.2) is 0 Å². The normalized spacial score (nSPS) is 27.6. The van der Waals surface area contributed by atoms with Crippen LogP contribution in [0.5, 0.6) is 0 Å². The lowest BCUT2D eigenvalue weighted by atomic mass is 9.85. The quantitative estimate of drug-likeness (QED) is 0.740. The Kier molecular flexibility index (Phi) is 2.72. The van der Waals surface area contributed by atoms with Crippen LogP contribution >= 0.6 is 0 Å². The molecule has 3 heteroatoms. The average molecular weight is 227 g/mol. The molecule has 2 unspecified atom stereocenters. The summed E-state index contributed by atoms with van der Waals surface area (Å²) in [6, 6.07) is 6.61. The molecule has 0 bridgehead atoms. The minimum atomic E-state index is 0.630. The summed E-state index contributed by atoms with van der Waals surface area (Å²) >= 11 is 0. The third-order valence-corrected chi connectivity index (χ3v) is 4.19. The summed E-state index contributed by atoms with van der Waals surface area (Å²) in [5, 5.41) is 9.16. The van der Waals surface area contributed by atoms with Gasteiger partial charge in [-0.2, -0.15) is 5.26 Å². The molecule has 0 N–H and O–H groups in total. The van der Waals surface area contributed by atoms with Crippen molar-refractivity contribution >= 4 is 5.82 Å². The molecule has 2 aliphatic rings. The van der Waals surface area contributed by atoms with Crippen LogP contribution in [0.25, 0.3) is 0 Å². The number of hydrogen-bond acceptors (Lipinski definition) is 3. The van der Waals surface area contributed by atoms with Crippen molar-refractivity contribution < 1.29 is 0 Å². The predicted octanol–water partition coefficient (Wildman–Crippen LogP) is 2.72. The molecular weight excluding hydrogens is 210 g/mol. The molecule has 2 atom stereocenters. The van der Waals surface area contributed by atoms with Gasteiger partial charge in [0, 0.05) is 18.8 Å². The van der Waals surface area contributed by atoms with Gasteiger partial charge in [-0.25, -0.2) is 4.98 Å². The van der Waals surface area contributed by atoms with Crippen LogP contribution in [-0.4, -0.2) is 17.6 Å². The second-order valence-corrected chi connectivity index (χ2v) is 5.08. The zero-order valence-corrected chi connectivity index (χ0v) is 9.97. The molecule has 88 valence electrons. The van der Waals surface area contributed by atoms with Gasteiger partial charge in [-0.1, -0.05) is 12.8 Å². The fourth-order valence-electron chi connectivity index (χ4n) is 3.38.